The normalized spacial score (nSPS) is 11.9. The number of aliphatic hydroxyl groups excluding tert-OH is 1. The van der Waals surface area contributed by atoms with E-state index >= 15 is 0 Å². The maximum absolute atomic E-state index is 10.5. The Balaban J connectivity index is 2.79. The summed E-state index contributed by atoms with van der Waals surface area (Å²) in [6.45, 7) is 4.30. The number of allylic oxidation sites excluding steroid dienone is 2. The second-order valence-corrected chi connectivity index (χ2v) is 5.15. The van der Waals surface area contributed by atoms with Crippen LogP contribution in [0.4, 0.5) is 0 Å². The predicted octanol–water partition coefficient (Wildman–Crippen LogP) is 3.85. The Labute approximate surface area is 127 Å². The standard InChI is InChI=1S/C17H26O4/c1-13(2)8-5-6-9-14(18)17-15(20-4)10-7-11-16(17)21-12-19-3/h7-8,10-11,14,18H,5-6,9,12H2,1-4H3. The minimum Gasteiger partial charge on any atom is -0.496 e. The van der Waals surface area contributed by atoms with E-state index in [0.29, 0.717) is 23.5 Å². The average Bonchev–Trinajstić information content (AvgIpc) is 2.48. The zero-order chi connectivity index (χ0) is 15.7. The van der Waals surface area contributed by atoms with E-state index in [4.69, 9.17) is 14.2 Å². The maximum Gasteiger partial charge on any atom is 0.188 e. The molecule has 1 atom stereocenters. The van der Waals surface area contributed by atoms with Gasteiger partial charge < -0.3 is 19.3 Å². The number of rotatable bonds is 9. The van der Waals surface area contributed by atoms with Gasteiger partial charge in [-0.25, -0.2) is 0 Å². The molecule has 0 fully saturated rings. The molecule has 0 aliphatic heterocycles. The van der Waals surface area contributed by atoms with Gasteiger partial charge in [-0.2, -0.15) is 0 Å². The van der Waals surface area contributed by atoms with Gasteiger partial charge in [0, 0.05) is 7.11 Å². The molecule has 1 rings (SSSR count). The number of ether oxygens (including phenoxy) is 3. The van der Waals surface area contributed by atoms with Gasteiger partial charge in [-0.05, 0) is 45.2 Å². The Morgan fingerprint density at radius 3 is 2.57 bits per heavy atom. The topological polar surface area (TPSA) is 47.9 Å². The van der Waals surface area contributed by atoms with E-state index in [1.54, 1.807) is 14.2 Å². The van der Waals surface area contributed by atoms with Gasteiger partial charge in [0.15, 0.2) is 6.79 Å². The quantitative estimate of drug-likeness (QED) is 0.427. The summed E-state index contributed by atoms with van der Waals surface area (Å²) in [5.41, 5.74) is 1.99. The van der Waals surface area contributed by atoms with Crippen molar-refractivity contribution in [2.75, 3.05) is 21.0 Å². The molecule has 0 spiro atoms. The minimum atomic E-state index is -0.612. The van der Waals surface area contributed by atoms with E-state index in [-0.39, 0.29) is 6.79 Å². The number of methoxy groups -OCH3 is 2. The van der Waals surface area contributed by atoms with Gasteiger partial charge in [-0.1, -0.05) is 17.7 Å². The van der Waals surface area contributed by atoms with Gasteiger partial charge in [0.05, 0.1) is 18.8 Å². The van der Waals surface area contributed by atoms with Crippen LogP contribution >= 0.6 is 0 Å². The smallest absolute Gasteiger partial charge is 0.188 e. The molecular weight excluding hydrogens is 268 g/mol. The molecule has 4 nitrogen and oxygen atoms in total. The molecule has 0 saturated heterocycles. The monoisotopic (exact) mass is 294 g/mol. The zero-order valence-electron chi connectivity index (χ0n) is 13.4. The molecule has 0 aromatic heterocycles. The van der Waals surface area contributed by atoms with Gasteiger partial charge in [-0.15, -0.1) is 0 Å². The molecule has 1 aromatic rings. The molecule has 0 aliphatic carbocycles. The van der Waals surface area contributed by atoms with Gasteiger partial charge in [0.2, 0.25) is 0 Å². The van der Waals surface area contributed by atoms with Crippen LogP contribution < -0.4 is 9.47 Å². The minimum absolute atomic E-state index is 0.144. The van der Waals surface area contributed by atoms with Crippen LogP contribution in [0.15, 0.2) is 29.8 Å². The summed E-state index contributed by atoms with van der Waals surface area (Å²) in [5, 5.41) is 10.5. The summed E-state index contributed by atoms with van der Waals surface area (Å²) in [4.78, 5) is 0. The Kier molecular flexibility index (Phi) is 7.87. The Morgan fingerprint density at radius 2 is 1.95 bits per heavy atom. The lowest BCUT2D eigenvalue weighted by Crippen LogP contribution is -2.07. The van der Waals surface area contributed by atoms with Crippen molar-refractivity contribution in [2.24, 2.45) is 0 Å². The fourth-order valence-electron chi connectivity index (χ4n) is 2.12. The summed E-state index contributed by atoms with van der Waals surface area (Å²) in [6.07, 6.45) is 4.10. The summed E-state index contributed by atoms with van der Waals surface area (Å²) in [5.74, 6) is 1.24. The molecule has 118 valence electrons. The lowest BCUT2D eigenvalue weighted by atomic mass is 10.0. The van der Waals surface area contributed by atoms with Crippen LogP contribution in [0.5, 0.6) is 11.5 Å². The molecule has 0 aliphatic rings. The Morgan fingerprint density at radius 1 is 1.24 bits per heavy atom. The van der Waals surface area contributed by atoms with Gasteiger partial charge in [0.25, 0.3) is 0 Å². The molecule has 1 unspecified atom stereocenters. The molecule has 1 aromatic carbocycles. The van der Waals surface area contributed by atoms with Crippen molar-refractivity contribution in [1.82, 2.24) is 0 Å². The molecule has 4 heteroatoms. The maximum atomic E-state index is 10.5. The molecule has 0 amide bonds. The number of unbranched alkanes of at least 4 members (excludes halogenated alkanes) is 1. The molecule has 0 bridgehead atoms. The average molecular weight is 294 g/mol. The van der Waals surface area contributed by atoms with Crippen LogP contribution in [0.1, 0.15) is 44.8 Å². The highest BCUT2D eigenvalue weighted by atomic mass is 16.7. The van der Waals surface area contributed by atoms with Gasteiger partial charge >= 0.3 is 0 Å². The predicted molar refractivity (Wildman–Crippen MR) is 83.7 cm³/mol. The van der Waals surface area contributed by atoms with Crippen molar-refractivity contribution < 1.29 is 19.3 Å². The van der Waals surface area contributed by atoms with Crippen LogP contribution in [0.25, 0.3) is 0 Å². The van der Waals surface area contributed by atoms with Crippen LogP contribution in [-0.2, 0) is 4.74 Å². The third-order valence-electron chi connectivity index (χ3n) is 3.15. The highest BCUT2D eigenvalue weighted by Gasteiger charge is 2.18. The third-order valence-corrected chi connectivity index (χ3v) is 3.15. The van der Waals surface area contributed by atoms with Crippen molar-refractivity contribution in [3.63, 3.8) is 0 Å². The van der Waals surface area contributed by atoms with E-state index in [9.17, 15) is 5.11 Å². The molecule has 0 heterocycles. The Bertz CT molecular complexity index is 450. The first-order valence-corrected chi connectivity index (χ1v) is 7.20. The lowest BCUT2D eigenvalue weighted by molar-refractivity contribution is 0.0472. The molecule has 0 radical (unpaired) electrons. The van der Waals surface area contributed by atoms with E-state index < -0.39 is 6.10 Å². The number of hydrogen-bond donors (Lipinski definition) is 1. The molecule has 21 heavy (non-hydrogen) atoms. The fraction of sp³-hybridized carbons (Fsp3) is 0.529. The van der Waals surface area contributed by atoms with Crippen LogP contribution in [0.3, 0.4) is 0 Å². The third kappa shape index (κ3) is 5.78. The molecular formula is C17H26O4. The first-order valence-electron chi connectivity index (χ1n) is 7.20. The highest BCUT2D eigenvalue weighted by Crippen LogP contribution is 2.36. The number of aliphatic hydroxyl groups is 1. The number of benzene rings is 1. The van der Waals surface area contributed by atoms with E-state index in [0.717, 1.165) is 12.8 Å². The van der Waals surface area contributed by atoms with Crippen molar-refractivity contribution >= 4 is 0 Å². The van der Waals surface area contributed by atoms with Gasteiger partial charge in [-0.3, -0.25) is 0 Å². The first kappa shape index (κ1) is 17.5. The van der Waals surface area contributed by atoms with E-state index in [1.807, 2.05) is 18.2 Å². The summed E-state index contributed by atoms with van der Waals surface area (Å²) in [6, 6.07) is 5.48. The fourth-order valence-corrected chi connectivity index (χ4v) is 2.12. The van der Waals surface area contributed by atoms with E-state index in [1.165, 1.54) is 5.57 Å². The summed E-state index contributed by atoms with van der Waals surface area (Å²) >= 11 is 0. The molecule has 1 N–H and O–H groups in total. The summed E-state index contributed by atoms with van der Waals surface area (Å²) < 4.78 is 15.8. The number of hydrogen-bond acceptors (Lipinski definition) is 4. The summed E-state index contributed by atoms with van der Waals surface area (Å²) in [7, 11) is 3.16. The second-order valence-electron chi connectivity index (χ2n) is 5.15. The molecule has 0 saturated carbocycles. The van der Waals surface area contributed by atoms with Crippen LogP contribution in [0, 0.1) is 0 Å². The lowest BCUT2D eigenvalue weighted by Gasteiger charge is -2.18. The van der Waals surface area contributed by atoms with Gasteiger partial charge in [0.1, 0.15) is 11.5 Å². The van der Waals surface area contributed by atoms with Crippen LogP contribution in [-0.4, -0.2) is 26.1 Å². The second kappa shape index (κ2) is 9.42. The van der Waals surface area contributed by atoms with Crippen molar-refractivity contribution in [1.29, 1.82) is 0 Å². The first-order chi connectivity index (χ1) is 10.1. The van der Waals surface area contributed by atoms with Crippen LogP contribution in [0.2, 0.25) is 0 Å². The SMILES string of the molecule is COCOc1cccc(OC)c1C(O)CCCC=C(C)C. The largest absolute Gasteiger partial charge is 0.496 e. The van der Waals surface area contributed by atoms with Crippen molar-refractivity contribution in [2.45, 2.75) is 39.2 Å². The Hall–Kier alpha value is -1.52. The van der Waals surface area contributed by atoms with Crippen molar-refractivity contribution in [3.8, 4) is 11.5 Å². The highest BCUT2D eigenvalue weighted by molar-refractivity contribution is 5.46. The zero-order valence-corrected chi connectivity index (χ0v) is 13.4. The van der Waals surface area contributed by atoms with E-state index in [2.05, 4.69) is 19.9 Å². The van der Waals surface area contributed by atoms with Crippen molar-refractivity contribution in [3.05, 3.63) is 35.4 Å².